The van der Waals surface area contributed by atoms with Crippen molar-refractivity contribution in [3.8, 4) is 0 Å². The first-order chi connectivity index (χ1) is 9.65. The topological polar surface area (TPSA) is 71.8 Å². The summed E-state index contributed by atoms with van der Waals surface area (Å²) in [7, 11) is 1.88. The molecule has 1 aromatic rings. The number of amides is 2. The molecule has 3 saturated carbocycles. The minimum atomic E-state index is -0.127. The van der Waals surface area contributed by atoms with Crippen molar-refractivity contribution in [2.75, 3.05) is 0 Å². The van der Waals surface area contributed by atoms with Gasteiger partial charge in [-0.25, -0.2) is 4.79 Å². The molecule has 6 atom stereocenters. The van der Waals surface area contributed by atoms with Gasteiger partial charge >= 0.3 is 6.03 Å². The lowest BCUT2D eigenvalue weighted by atomic mass is 10.0. The van der Waals surface area contributed by atoms with Crippen LogP contribution in [-0.2, 0) is 7.05 Å². The number of carbonyl (C=O) groups is 1. The molecule has 3 fully saturated rings. The number of fused-ring (bicyclic) bond motifs is 5. The molecule has 6 nitrogen and oxygen atoms in total. The van der Waals surface area contributed by atoms with Gasteiger partial charge in [0.15, 0.2) is 5.82 Å². The highest BCUT2D eigenvalue weighted by atomic mass is 16.2. The summed E-state index contributed by atoms with van der Waals surface area (Å²) < 4.78 is 1.83. The third-order valence-corrected chi connectivity index (χ3v) is 5.51. The number of carbonyl (C=O) groups excluding carboxylic acids is 1. The largest absolute Gasteiger partial charge is 0.335 e. The van der Waals surface area contributed by atoms with Crippen molar-refractivity contribution in [3.63, 3.8) is 0 Å². The van der Waals surface area contributed by atoms with E-state index in [0.717, 1.165) is 29.5 Å². The number of aryl methyl sites for hydroxylation is 1. The third-order valence-electron chi connectivity index (χ3n) is 5.51. The van der Waals surface area contributed by atoms with Gasteiger partial charge in [-0.05, 0) is 49.9 Å². The smallest absolute Gasteiger partial charge is 0.315 e. The Morgan fingerprint density at radius 2 is 2.10 bits per heavy atom. The van der Waals surface area contributed by atoms with E-state index in [-0.39, 0.29) is 12.1 Å². The van der Waals surface area contributed by atoms with Gasteiger partial charge in [0, 0.05) is 13.1 Å². The average molecular weight is 275 g/mol. The highest BCUT2D eigenvalue weighted by Gasteiger charge is 2.65. The van der Waals surface area contributed by atoms with Crippen molar-refractivity contribution in [1.82, 2.24) is 25.4 Å². The predicted octanol–water partition coefficient (Wildman–Crippen LogP) is 1.22. The van der Waals surface area contributed by atoms with E-state index in [2.05, 4.69) is 20.8 Å². The molecule has 20 heavy (non-hydrogen) atoms. The van der Waals surface area contributed by atoms with Crippen LogP contribution in [0.5, 0.6) is 0 Å². The quantitative estimate of drug-likeness (QED) is 0.871. The van der Waals surface area contributed by atoms with Crippen LogP contribution >= 0.6 is 0 Å². The molecule has 4 rings (SSSR count). The number of hydrogen-bond acceptors (Lipinski definition) is 3. The molecule has 6 heteroatoms. The van der Waals surface area contributed by atoms with Crippen LogP contribution in [0, 0.1) is 23.7 Å². The first-order valence-corrected chi connectivity index (χ1v) is 7.56. The zero-order valence-electron chi connectivity index (χ0n) is 11.9. The Morgan fingerprint density at radius 3 is 2.70 bits per heavy atom. The molecule has 2 amide bonds. The molecule has 3 aliphatic rings. The van der Waals surface area contributed by atoms with E-state index in [1.807, 2.05) is 18.5 Å². The Balaban J connectivity index is 1.33. The van der Waals surface area contributed by atoms with Crippen LogP contribution in [0.4, 0.5) is 4.79 Å². The van der Waals surface area contributed by atoms with Crippen LogP contribution in [0.25, 0.3) is 0 Å². The van der Waals surface area contributed by atoms with Crippen LogP contribution in [-0.4, -0.2) is 26.8 Å². The molecule has 2 bridgehead atoms. The first kappa shape index (κ1) is 12.2. The summed E-state index contributed by atoms with van der Waals surface area (Å²) in [5.74, 6) is 4.07. The third kappa shape index (κ3) is 1.73. The summed E-state index contributed by atoms with van der Waals surface area (Å²) in [5, 5.41) is 14.0. The van der Waals surface area contributed by atoms with E-state index >= 15 is 0 Å². The molecule has 1 heterocycles. The molecule has 2 N–H and O–H groups in total. The summed E-state index contributed by atoms with van der Waals surface area (Å²) in [4.78, 5) is 12.1. The van der Waals surface area contributed by atoms with Crippen molar-refractivity contribution in [2.24, 2.45) is 30.7 Å². The van der Waals surface area contributed by atoms with Crippen LogP contribution in [0.3, 0.4) is 0 Å². The van der Waals surface area contributed by atoms with Gasteiger partial charge in [0.1, 0.15) is 6.33 Å². The van der Waals surface area contributed by atoms with E-state index in [4.69, 9.17) is 0 Å². The zero-order valence-corrected chi connectivity index (χ0v) is 11.9. The van der Waals surface area contributed by atoms with E-state index < -0.39 is 0 Å². The van der Waals surface area contributed by atoms with Crippen LogP contribution in [0.2, 0.25) is 0 Å². The summed E-state index contributed by atoms with van der Waals surface area (Å²) in [6, 6.07) is 0.227. The maximum absolute atomic E-state index is 12.1. The molecule has 0 aromatic carbocycles. The first-order valence-electron chi connectivity index (χ1n) is 7.56. The average Bonchev–Trinajstić information content (AvgIpc) is 2.82. The van der Waals surface area contributed by atoms with Crippen molar-refractivity contribution < 1.29 is 4.79 Å². The summed E-state index contributed by atoms with van der Waals surface area (Å²) >= 11 is 0. The molecule has 1 aromatic heterocycles. The summed E-state index contributed by atoms with van der Waals surface area (Å²) in [6.07, 6.45) is 5.81. The number of nitrogens with one attached hydrogen (secondary N) is 2. The SMILES string of the molecule is C[C@H](NC(=O)NC1[C@@H]2[C@H]3CC[C@@H](C3)[C@H]12)c1nncn1C. The summed E-state index contributed by atoms with van der Waals surface area (Å²) in [6.45, 7) is 1.93. The monoisotopic (exact) mass is 275 g/mol. The fourth-order valence-electron chi connectivity index (χ4n) is 4.66. The fraction of sp³-hybridized carbons (Fsp3) is 0.786. The van der Waals surface area contributed by atoms with Gasteiger partial charge in [-0.1, -0.05) is 0 Å². The molecule has 108 valence electrons. The van der Waals surface area contributed by atoms with Crippen LogP contribution < -0.4 is 10.6 Å². The van der Waals surface area contributed by atoms with Gasteiger partial charge in [-0.15, -0.1) is 10.2 Å². The van der Waals surface area contributed by atoms with Gasteiger partial charge in [0.25, 0.3) is 0 Å². The Labute approximate surface area is 118 Å². The molecule has 0 spiro atoms. The minimum absolute atomic E-state index is 0.0701. The number of hydrogen-bond donors (Lipinski definition) is 2. The normalized spacial score (nSPS) is 38.4. The Bertz CT molecular complexity index is 525. The standard InChI is InChI=1S/C14H21N5O/c1-7(13-18-15-6-19(13)2)16-14(20)17-12-10-8-3-4-9(5-8)11(10)12/h6-12H,3-5H2,1-2H3,(H2,16,17,20)/t7-,8-,9-,10-,11+,12?/m0/s1. The Hall–Kier alpha value is -1.59. The molecule has 0 saturated heterocycles. The molecule has 1 unspecified atom stereocenters. The lowest BCUT2D eigenvalue weighted by molar-refractivity contribution is 0.234. The second kappa shape index (κ2) is 4.20. The van der Waals surface area contributed by atoms with Crippen LogP contribution in [0.15, 0.2) is 6.33 Å². The number of urea groups is 1. The van der Waals surface area contributed by atoms with Gasteiger partial charge in [0.05, 0.1) is 6.04 Å². The van der Waals surface area contributed by atoms with Crippen molar-refractivity contribution in [3.05, 3.63) is 12.2 Å². The van der Waals surface area contributed by atoms with Crippen LogP contribution in [0.1, 0.15) is 38.1 Å². The zero-order chi connectivity index (χ0) is 13.9. The molecule has 3 aliphatic carbocycles. The summed E-state index contributed by atoms with van der Waals surface area (Å²) in [5.41, 5.74) is 0. The number of aromatic nitrogens is 3. The van der Waals surface area contributed by atoms with Gasteiger partial charge in [0.2, 0.25) is 0 Å². The van der Waals surface area contributed by atoms with E-state index in [9.17, 15) is 4.79 Å². The Morgan fingerprint density at radius 1 is 1.40 bits per heavy atom. The number of rotatable bonds is 3. The maximum atomic E-state index is 12.1. The van der Waals surface area contributed by atoms with Gasteiger partial charge < -0.3 is 15.2 Å². The Kier molecular flexibility index (Phi) is 2.56. The van der Waals surface area contributed by atoms with E-state index in [1.165, 1.54) is 19.3 Å². The van der Waals surface area contributed by atoms with E-state index in [0.29, 0.717) is 6.04 Å². The molecular weight excluding hydrogens is 254 g/mol. The minimum Gasteiger partial charge on any atom is -0.335 e. The highest BCUT2D eigenvalue weighted by molar-refractivity contribution is 5.75. The van der Waals surface area contributed by atoms with Crippen molar-refractivity contribution in [2.45, 2.75) is 38.3 Å². The predicted molar refractivity (Wildman–Crippen MR) is 72.7 cm³/mol. The lowest BCUT2D eigenvalue weighted by Crippen LogP contribution is -2.40. The van der Waals surface area contributed by atoms with E-state index in [1.54, 1.807) is 6.33 Å². The van der Waals surface area contributed by atoms with Crippen molar-refractivity contribution in [1.29, 1.82) is 0 Å². The second-order valence-electron chi connectivity index (χ2n) is 6.65. The maximum Gasteiger partial charge on any atom is 0.315 e. The molecule has 0 radical (unpaired) electrons. The molecular formula is C14H21N5O. The lowest BCUT2D eigenvalue weighted by Gasteiger charge is -2.15. The molecule has 0 aliphatic heterocycles. The van der Waals surface area contributed by atoms with Crippen molar-refractivity contribution >= 4 is 6.03 Å². The van der Waals surface area contributed by atoms with Gasteiger partial charge in [-0.2, -0.15) is 0 Å². The number of nitrogens with zero attached hydrogens (tertiary/aromatic N) is 3. The fourth-order valence-corrected chi connectivity index (χ4v) is 4.66. The van der Waals surface area contributed by atoms with Gasteiger partial charge in [-0.3, -0.25) is 0 Å². The highest BCUT2D eigenvalue weighted by Crippen LogP contribution is 2.65. The second-order valence-corrected chi connectivity index (χ2v) is 6.65.